The van der Waals surface area contributed by atoms with Crippen LogP contribution in [0.1, 0.15) is 13.3 Å². The topological polar surface area (TPSA) is 103 Å². The average Bonchev–Trinajstić information content (AvgIpc) is 3.30. The second-order valence-electron chi connectivity index (χ2n) is 7.67. The third-order valence-electron chi connectivity index (χ3n) is 5.35. The predicted molar refractivity (Wildman–Crippen MR) is 134 cm³/mol. The van der Waals surface area contributed by atoms with Crippen molar-refractivity contribution < 1.29 is 4.74 Å². The SMILES string of the molecule is C/C(N)=N/NNCCCOc1c2[nH]c3ccc(Cl)cc3c2cc2c1[nH]c1ccc(Cl)cc12. The highest BCUT2D eigenvalue weighted by Gasteiger charge is 2.18. The minimum absolute atomic E-state index is 0.459. The Labute approximate surface area is 193 Å². The molecule has 2 heterocycles. The van der Waals surface area contributed by atoms with E-state index in [4.69, 9.17) is 33.7 Å². The second-order valence-corrected chi connectivity index (χ2v) is 8.55. The number of halogens is 2. The molecule has 164 valence electrons. The fourth-order valence-electron chi connectivity index (χ4n) is 3.96. The molecule has 0 atom stereocenters. The van der Waals surface area contributed by atoms with Crippen molar-refractivity contribution in [1.82, 2.24) is 20.9 Å². The van der Waals surface area contributed by atoms with E-state index in [-0.39, 0.29) is 0 Å². The first-order valence-corrected chi connectivity index (χ1v) is 11.0. The molecule has 0 bridgehead atoms. The van der Waals surface area contributed by atoms with Crippen LogP contribution in [0, 0.1) is 0 Å². The third-order valence-corrected chi connectivity index (χ3v) is 5.82. The number of nitrogens with one attached hydrogen (secondary N) is 4. The summed E-state index contributed by atoms with van der Waals surface area (Å²) in [5, 5.41) is 9.48. The van der Waals surface area contributed by atoms with E-state index in [0.717, 1.165) is 55.8 Å². The summed E-state index contributed by atoms with van der Waals surface area (Å²) in [6.07, 6.45) is 0.766. The molecule has 0 unspecified atom stereocenters. The summed E-state index contributed by atoms with van der Waals surface area (Å²) in [4.78, 5) is 7.01. The van der Waals surface area contributed by atoms with Crippen molar-refractivity contribution in [1.29, 1.82) is 0 Å². The van der Waals surface area contributed by atoms with Crippen LogP contribution in [0.4, 0.5) is 0 Å². The average molecular weight is 469 g/mol. The van der Waals surface area contributed by atoms with Gasteiger partial charge in [0.15, 0.2) is 5.75 Å². The Bertz CT molecular complexity index is 1390. The summed E-state index contributed by atoms with van der Waals surface area (Å²) in [6, 6.07) is 13.8. The van der Waals surface area contributed by atoms with Gasteiger partial charge in [-0.25, -0.2) is 11.0 Å². The fraction of sp³-hybridized carbons (Fsp3) is 0.174. The second kappa shape index (κ2) is 8.43. The number of fused-ring (bicyclic) bond motifs is 6. The molecule has 2 aromatic heterocycles. The van der Waals surface area contributed by atoms with E-state index in [1.165, 1.54) is 0 Å². The summed E-state index contributed by atoms with van der Waals surface area (Å²) in [5.41, 5.74) is 15.1. The maximum atomic E-state index is 6.32. The molecule has 7 nitrogen and oxygen atoms in total. The van der Waals surface area contributed by atoms with Crippen LogP contribution in [0.25, 0.3) is 43.6 Å². The number of rotatable bonds is 7. The molecule has 0 fully saturated rings. The molecule has 6 N–H and O–H groups in total. The van der Waals surface area contributed by atoms with Crippen molar-refractivity contribution in [2.24, 2.45) is 10.8 Å². The number of hydrazine groups is 1. The maximum absolute atomic E-state index is 6.32. The van der Waals surface area contributed by atoms with Gasteiger partial charge in [0.2, 0.25) is 0 Å². The molecule has 0 saturated heterocycles. The van der Waals surface area contributed by atoms with Crippen molar-refractivity contribution in [3.8, 4) is 5.75 Å². The number of amidine groups is 1. The number of aromatic nitrogens is 2. The number of aromatic amines is 2. The lowest BCUT2D eigenvalue weighted by Gasteiger charge is -2.10. The lowest BCUT2D eigenvalue weighted by atomic mass is 10.1. The molecule has 0 radical (unpaired) electrons. The summed E-state index contributed by atoms with van der Waals surface area (Å²) >= 11 is 12.6. The monoisotopic (exact) mass is 468 g/mol. The minimum Gasteiger partial charge on any atom is -0.489 e. The van der Waals surface area contributed by atoms with Gasteiger partial charge in [0, 0.05) is 49.2 Å². The highest BCUT2D eigenvalue weighted by Crippen LogP contribution is 2.41. The van der Waals surface area contributed by atoms with Crippen LogP contribution >= 0.6 is 23.2 Å². The van der Waals surface area contributed by atoms with Gasteiger partial charge in [0.25, 0.3) is 0 Å². The van der Waals surface area contributed by atoms with E-state index >= 15 is 0 Å². The van der Waals surface area contributed by atoms with Crippen LogP contribution in [0.5, 0.6) is 5.75 Å². The van der Waals surface area contributed by atoms with Gasteiger partial charge < -0.3 is 20.4 Å². The van der Waals surface area contributed by atoms with Crippen molar-refractivity contribution in [3.63, 3.8) is 0 Å². The highest BCUT2D eigenvalue weighted by molar-refractivity contribution is 6.33. The van der Waals surface area contributed by atoms with E-state index in [1.54, 1.807) is 6.92 Å². The highest BCUT2D eigenvalue weighted by atomic mass is 35.5. The molecule has 9 heteroatoms. The molecule has 0 aliphatic rings. The molecule has 0 saturated carbocycles. The van der Waals surface area contributed by atoms with Gasteiger partial charge in [0.05, 0.1) is 17.6 Å². The molecule has 0 aliphatic carbocycles. The number of nitrogens with zero attached hydrogens (tertiary/aromatic N) is 1. The van der Waals surface area contributed by atoms with Crippen LogP contribution < -0.4 is 21.4 Å². The zero-order valence-electron chi connectivity index (χ0n) is 17.4. The summed E-state index contributed by atoms with van der Waals surface area (Å²) in [7, 11) is 0. The summed E-state index contributed by atoms with van der Waals surface area (Å²) < 4.78 is 6.32. The zero-order valence-corrected chi connectivity index (χ0v) is 18.9. The van der Waals surface area contributed by atoms with E-state index in [0.29, 0.717) is 29.0 Å². The lowest BCUT2D eigenvalue weighted by Crippen LogP contribution is -2.30. The molecule has 3 aromatic carbocycles. The van der Waals surface area contributed by atoms with Gasteiger partial charge in [0.1, 0.15) is 5.84 Å². The van der Waals surface area contributed by atoms with Crippen molar-refractivity contribution in [2.75, 3.05) is 13.2 Å². The van der Waals surface area contributed by atoms with Gasteiger partial charge in [-0.1, -0.05) is 23.2 Å². The number of hydrogen-bond donors (Lipinski definition) is 5. The summed E-state index contributed by atoms with van der Waals surface area (Å²) in [6.45, 7) is 2.89. The zero-order chi connectivity index (χ0) is 22.2. The van der Waals surface area contributed by atoms with Crippen LogP contribution in [0.2, 0.25) is 10.0 Å². The van der Waals surface area contributed by atoms with E-state index in [1.807, 2.05) is 36.4 Å². The Kier molecular flexibility index (Phi) is 5.46. The number of nitrogens with two attached hydrogens (primary N) is 1. The van der Waals surface area contributed by atoms with E-state index < -0.39 is 0 Å². The van der Waals surface area contributed by atoms with Gasteiger partial charge in [-0.15, -0.1) is 0 Å². The quantitative estimate of drug-likeness (QED) is 0.0951. The normalized spacial score (nSPS) is 12.4. The Morgan fingerprint density at radius 3 is 2.09 bits per heavy atom. The van der Waals surface area contributed by atoms with Crippen molar-refractivity contribution in [3.05, 3.63) is 52.5 Å². The number of benzene rings is 3. The standard InChI is InChI=1S/C23H22Cl2N6O/c1-12(26)30-31-27-7-2-8-32-23-21-17(15-9-13(24)3-5-19(15)28-21)11-18-16-10-14(25)4-6-20(16)29-22(18)23/h3-6,9-11,27-29,31H,2,7-8H2,1H3,(H2,26,30). The van der Waals surface area contributed by atoms with Crippen LogP contribution in [0.3, 0.4) is 0 Å². The van der Waals surface area contributed by atoms with Gasteiger partial charge in [-0.05, 0) is 55.8 Å². The minimum atomic E-state index is 0.459. The molecule has 32 heavy (non-hydrogen) atoms. The van der Waals surface area contributed by atoms with Crippen molar-refractivity contribution in [2.45, 2.75) is 13.3 Å². The Hall–Kier alpha value is -3.13. The summed E-state index contributed by atoms with van der Waals surface area (Å²) in [5.74, 6) is 1.24. The smallest absolute Gasteiger partial charge is 0.167 e. The Balaban J connectivity index is 1.57. The number of ether oxygens (including phenoxy) is 1. The lowest BCUT2D eigenvalue weighted by molar-refractivity contribution is 0.310. The first-order valence-electron chi connectivity index (χ1n) is 10.3. The largest absolute Gasteiger partial charge is 0.489 e. The number of hydrazone groups is 1. The maximum Gasteiger partial charge on any atom is 0.167 e. The Morgan fingerprint density at radius 2 is 1.53 bits per heavy atom. The molecule has 0 aliphatic heterocycles. The van der Waals surface area contributed by atoms with E-state index in [2.05, 4.69) is 32.1 Å². The van der Waals surface area contributed by atoms with Crippen molar-refractivity contribution >= 4 is 72.6 Å². The van der Waals surface area contributed by atoms with Crippen LogP contribution in [-0.4, -0.2) is 29.0 Å². The molecular formula is C23H22Cl2N6O. The Morgan fingerprint density at radius 1 is 0.938 bits per heavy atom. The third kappa shape index (κ3) is 3.79. The fourth-order valence-corrected chi connectivity index (χ4v) is 4.30. The van der Waals surface area contributed by atoms with Crippen LogP contribution in [0.15, 0.2) is 47.6 Å². The first-order chi connectivity index (χ1) is 15.5. The molecule has 0 amide bonds. The van der Waals surface area contributed by atoms with Crippen LogP contribution in [-0.2, 0) is 0 Å². The first kappa shape index (κ1) is 20.8. The molecule has 5 aromatic rings. The van der Waals surface area contributed by atoms with E-state index in [9.17, 15) is 0 Å². The molecular weight excluding hydrogens is 447 g/mol. The molecule has 5 rings (SSSR count). The van der Waals surface area contributed by atoms with Gasteiger partial charge in [-0.3, -0.25) is 0 Å². The number of hydrogen-bond acceptors (Lipinski definition) is 4. The number of H-pyrrole nitrogens is 2. The molecule has 0 spiro atoms. The van der Waals surface area contributed by atoms with Gasteiger partial charge >= 0.3 is 0 Å². The van der Waals surface area contributed by atoms with Gasteiger partial charge in [-0.2, -0.15) is 5.10 Å². The predicted octanol–water partition coefficient (Wildman–Crippen LogP) is 5.42.